The molecular weight excluding hydrogens is 406 g/mol. The van der Waals surface area contributed by atoms with E-state index < -0.39 is 0 Å². The number of allylic oxidation sites excluding steroid dienone is 1. The zero-order valence-electron chi connectivity index (χ0n) is 20.4. The van der Waals surface area contributed by atoms with E-state index in [4.69, 9.17) is 9.47 Å². The lowest BCUT2D eigenvalue weighted by Crippen LogP contribution is -2.43. The molecule has 32 heavy (non-hydrogen) atoms. The minimum Gasteiger partial charge on any atom is -0.450 e. The molecular formula is C25H43N3O4. The Morgan fingerprint density at radius 1 is 0.938 bits per heavy atom. The molecule has 0 spiro atoms. The molecule has 0 aromatic carbocycles. The molecule has 1 aliphatic carbocycles. The first-order valence-corrected chi connectivity index (χ1v) is 12.7. The molecule has 182 valence electrons. The van der Waals surface area contributed by atoms with Crippen molar-refractivity contribution in [1.82, 2.24) is 14.7 Å². The van der Waals surface area contributed by atoms with E-state index >= 15 is 0 Å². The monoisotopic (exact) mass is 449 g/mol. The topological polar surface area (TPSA) is 62.3 Å². The summed E-state index contributed by atoms with van der Waals surface area (Å²) < 4.78 is 10.3. The van der Waals surface area contributed by atoms with Crippen molar-refractivity contribution >= 4 is 12.2 Å². The molecule has 2 saturated heterocycles. The highest BCUT2D eigenvalue weighted by Crippen LogP contribution is 2.36. The average Bonchev–Trinajstić information content (AvgIpc) is 2.81. The highest BCUT2D eigenvalue weighted by atomic mass is 16.6. The lowest BCUT2D eigenvalue weighted by molar-refractivity contribution is 0.0821. The van der Waals surface area contributed by atoms with Crippen LogP contribution in [-0.2, 0) is 9.47 Å². The summed E-state index contributed by atoms with van der Waals surface area (Å²) in [7, 11) is 1.85. The third-order valence-electron chi connectivity index (χ3n) is 7.37. The van der Waals surface area contributed by atoms with Gasteiger partial charge in [0.2, 0.25) is 0 Å². The van der Waals surface area contributed by atoms with E-state index in [1.807, 2.05) is 25.8 Å². The van der Waals surface area contributed by atoms with Gasteiger partial charge in [-0.15, -0.1) is 0 Å². The van der Waals surface area contributed by atoms with Crippen LogP contribution in [0.4, 0.5) is 9.59 Å². The number of likely N-dealkylation sites (tertiary alicyclic amines) is 2. The first-order chi connectivity index (χ1) is 15.5. The predicted molar refractivity (Wildman–Crippen MR) is 126 cm³/mol. The number of nitrogens with zero attached hydrogens (tertiary/aromatic N) is 3. The SMILES string of the molecule is CCOC(=O)N(C)CC1=C(C2CCN(CC3CCN(C(=O)OCC)CC3)CC2)CCCC1. The normalized spacial score (nSPS) is 21.5. The van der Waals surface area contributed by atoms with Gasteiger partial charge in [0.05, 0.1) is 13.2 Å². The van der Waals surface area contributed by atoms with Gasteiger partial charge in [-0.05, 0) is 90.1 Å². The molecule has 0 N–H and O–H groups in total. The Hall–Kier alpha value is -1.76. The number of hydrogen-bond acceptors (Lipinski definition) is 5. The van der Waals surface area contributed by atoms with Crippen molar-refractivity contribution in [3.8, 4) is 0 Å². The van der Waals surface area contributed by atoms with Crippen molar-refractivity contribution in [2.24, 2.45) is 11.8 Å². The van der Waals surface area contributed by atoms with E-state index in [2.05, 4.69) is 4.90 Å². The number of carbonyl (C=O) groups excluding carboxylic acids is 2. The van der Waals surface area contributed by atoms with E-state index in [0.29, 0.717) is 31.6 Å². The Kier molecular flexibility index (Phi) is 9.69. The first kappa shape index (κ1) is 24.9. The number of likely N-dealkylation sites (N-methyl/N-ethyl adjacent to an activating group) is 1. The Labute approximate surface area is 194 Å². The number of ether oxygens (including phenoxy) is 2. The van der Waals surface area contributed by atoms with Crippen LogP contribution in [0.3, 0.4) is 0 Å². The molecule has 3 aliphatic rings. The van der Waals surface area contributed by atoms with Crippen LogP contribution in [0.5, 0.6) is 0 Å². The van der Waals surface area contributed by atoms with Gasteiger partial charge in [-0.3, -0.25) is 0 Å². The molecule has 0 atom stereocenters. The number of carbonyl (C=O) groups is 2. The van der Waals surface area contributed by atoms with Gasteiger partial charge in [-0.1, -0.05) is 11.1 Å². The van der Waals surface area contributed by atoms with Crippen LogP contribution in [0, 0.1) is 11.8 Å². The van der Waals surface area contributed by atoms with Crippen LogP contribution in [0.2, 0.25) is 0 Å². The maximum Gasteiger partial charge on any atom is 0.409 e. The number of rotatable bonds is 7. The maximum atomic E-state index is 12.1. The van der Waals surface area contributed by atoms with Crippen LogP contribution >= 0.6 is 0 Å². The summed E-state index contributed by atoms with van der Waals surface area (Å²) in [6.45, 7) is 10.4. The fourth-order valence-corrected chi connectivity index (χ4v) is 5.59. The summed E-state index contributed by atoms with van der Waals surface area (Å²) in [6.07, 6.45) is 9.07. The molecule has 7 nitrogen and oxygen atoms in total. The highest BCUT2D eigenvalue weighted by Gasteiger charge is 2.29. The molecule has 0 radical (unpaired) electrons. The summed E-state index contributed by atoms with van der Waals surface area (Å²) in [5.41, 5.74) is 3.12. The van der Waals surface area contributed by atoms with Gasteiger partial charge in [0.25, 0.3) is 0 Å². The van der Waals surface area contributed by atoms with Crippen molar-refractivity contribution in [3.05, 3.63) is 11.1 Å². The van der Waals surface area contributed by atoms with Crippen LogP contribution in [0.15, 0.2) is 11.1 Å². The molecule has 0 saturated carbocycles. The first-order valence-electron chi connectivity index (χ1n) is 12.7. The second-order valence-corrected chi connectivity index (χ2v) is 9.60. The van der Waals surface area contributed by atoms with Crippen LogP contribution in [0.25, 0.3) is 0 Å². The zero-order valence-corrected chi connectivity index (χ0v) is 20.4. The van der Waals surface area contributed by atoms with Gasteiger partial charge in [0.15, 0.2) is 0 Å². The van der Waals surface area contributed by atoms with Crippen molar-refractivity contribution in [1.29, 1.82) is 0 Å². The molecule has 0 aromatic rings. The fraction of sp³-hybridized carbons (Fsp3) is 0.840. The van der Waals surface area contributed by atoms with Gasteiger partial charge in [0, 0.05) is 33.2 Å². The second kappa shape index (κ2) is 12.5. The average molecular weight is 450 g/mol. The fourth-order valence-electron chi connectivity index (χ4n) is 5.59. The Balaban J connectivity index is 1.46. The van der Waals surface area contributed by atoms with Crippen molar-refractivity contribution in [3.63, 3.8) is 0 Å². The van der Waals surface area contributed by atoms with E-state index in [0.717, 1.165) is 52.0 Å². The maximum absolute atomic E-state index is 12.1. The summed E-state index contributed by atoms with van der Waals surface area (Å²) in [4.78, 5) is 30.2. The quantitative estimate of drug-likeness (QED) is 0.535. The van der Waals surface area contributed by atoms with E-state index in [9.17, 15) is 9.59 Å². The molecule has 0 bridgehead atoms. The molecule has 2 amide bonds. The van der Waals surface area contributed by atoms with Gasteiger partial charge >= 0.3 is 12.2 Å². The Morgan fingerprint density at radius 2 is 1.59 bits per heavy atom. The minimum absolute atomic E-state index is 0.156. The summed E-state index contributed by atoms with van der Waals surface area (Å²) in [5.74, 6) is 1.35. The van der Waals surface area contributed by atoms with Crippen LogP contribution in [-0.4, -0.2) is 86.4 Å². The number of piperidine rings is 2. The van der Waals surface area contributed by atoms with E-state index in [1.165, 1.54) is 37.7 Å². The molecule has 0 aromatic heterocycles. The van der Waals surface area contributed by atoms with Crippen molar-refractivity contribution in [2.45, 2.75) is 65.2 Å². The highest BCUT2D eigenvalue weighted by molar-refractivity contribution is 5.68. The molecule has 2 heterocycles. The van der Waals surface area contributed by atoms with Crippen molar-refractivity contribution in [2.75, 3.05) is 59.5 Å². The molecule has 3 rings (SSSR count). The minimum atomic E-state index is -0.214. The lowest BCUT2D eigenvalue weighted by Gasteiger charge is -2.39. The zero-order chi connectivity index (χ0) is 22.9. The van der Waals surface area contributed by atoms with Gasteiger partial charge in [-0.2, -0.15) is 0 Å². The smallest absolute Gasteiger partial charge is 0.409 e. The van der Waals surface area contributed by atoms with Gasteiger partial charge < -0.3 is 24.2 Å². The van der Waals surface area contributed by atoms with Gasteiger partial charge in [0.1, 0.15) is 0 Å². The van der Waals surface area contributed by atoms with Crippen molar-refractivity contribution < 1.29 is 19.1 Å². The van der Waals surface area contributed by atoms with Crippen LogP contribution < -0.4 is 0 Å². The van der Waals surface area contributed by atoms with E-state index in [-0.39, 0.29) is 12.2 Å². The molecule has 2 fully saturated rings. The summed E-state index contributed by atoms with van der Waals surface area (Å²) in [5, 5.41) is 0. The molecule has 7 heteroatoms. The summed E-state index contributed by atoms with van der Waals surface area (Å²) in [6, 6.07) is 0. The molecule has 0 unspecified atom stereocenters. The standard InChI is InChI=1S/C25H43N3O4/c1-4-31-24(29)26(3)19-22-8-6-7-9-23(22)21-12-14-27(15-13-21)18-20-10-16-28(17-11-20)25(30)32-5-2/h20-21H,4-19H2,1-3H3. The van der Waals surface area contributed by atoms with E-state index in [1.54, 1.807) is 10.5 Å². The molecule has 2 aliphatic heterocycles. The summed E-state index contributed by atoms with van der Waals surface area (Å²) >= 11 is 0. The third-order valence-corrected chi connectivity index (χ3v) is 7.37. The number of hydrogen-bond donors (Lipinski definition) is 0. The largest absolute Gasteiger partial charge is 0.450 e. The second-order valence-electron chi connectivity index (χ2n) is 9.60. The van der Waals surface area contributed by atoms with Gasteiger partial charge in [-0.25, -0.2) is 9.59 Å². The van der Waals surface area contributed by atoms with Crippen LogP contribution in [0.1, 0.15) is 65.2 Å². The Bertz CT molecular complexity index is 650. The Morgan fingerprint density at radius 3 is 2.25 bits per heavy atom. The third kappa shape index (κ3) is 6.87. The lowest BCUT2D eigenvalue weighted by atomic mass is 9.79. The number of amides is 2. The predicted octanol–water partition coefficient (Wildman–Crippen LogP) is 4.53.